The highest BCUT2D eigenvalue weighted by Crippen LogP contribution is 2.32. The lowest BCUT2D eigenvalue weighted by atomic mass is 9.91. The molecule has 0 spiro atoms. The Bertz CT molecular complexity index is 473. The Morgan fingerprint density at radius 2 is 2.15 bits per heavy atom. The second-order valence-electron chi connectivity index (χ2n) is 7.11. The topological polar surface area (TPSA) is 33.2 Å². The highest BCUT2D eigenvalue weighted by Gasteiger charge is 2.32. The second-order valence-corrected chi connectivity index (χ2v) is 8.00. The van der Waals surface area contributed by atoms with E-state index in [0.717, 1.165) is 25.9 Å². The Morgan fingerprint density at radius 3 is 2.70 bits per heavy atom. The van der Waals surface area contributed by atoms with Gasteiger partial charge in [0.25, 0.3) is 0 Å². The predicted octanol–water partition coefficient (Wildman–Crippen LogP) is 4.02. The van der Waals surface area contributed by atoms with Gasteiger partial charge in [-0.1, -0.05) is 34.6 Å². The molecule has 0 saturated carbocycles. The van der Waals surface area contributed by atoms with Crippen LogP contribution in [0.25, 0.3) is 0 Å². The average molecular weight is 294 g/mol. The molecule has 112 valence electrons. The van der Waals surface area contributed by atoms with Gasteiger partial charge in [0.15, 0.2) is 0 Å². The van der Waals surface area contributed by atoms with Crippen molar-refractivity contribution in [2.45, 2.75) is 59.3 Å². The van der Waals surface area contributed by atoms with Crippen LogP contribution in [0.4, 0.5) is 0 Å². The minimum absolute atomic E-state index is 0.267. The van der Waals surface area contributed by atoms with E-state index in [4.69, 9.17) is 4.98 Å². The lowest BCUT2D eigenvalue weighted by Gasteiger charge is -2.35. The number of aromatic nitrogens is 1. The number of nitrogens with zero attached hydrogens (tertiary/aromatic N) is 2. The Labute approximate surface area is 126 Å². The zero-order chi connectivity index (χ0) is 14.9. The van der Waals surface area contributed by atoms with Gasteiger partial charge in [-0.25, -0.2) is 4.98 Å². The molecule has 1 amide bonds. The van der Waals surface area contributed by atoms with Crippen molar-refractivity contribution in [1.82, 2.24) is 9.88 Å². The monoisotopic (exact) mass is 294 g/mol. The van der Waals surface area contributed by atoms with E-state index in [1.54, 1.807) is 11.3 Å². The van der Waals surface area contributed by atoms with Crippen LogP contribution >= 0.6 is 11.3 Å². The Balaban J connectivity index is 2.08. The summed E-state index contributed by atoms with van der Waals surface area (Å²) in [5, 5.41) is 3.38. The van der Waals surface area contributed by atoms with Crippen LogP contribution in [0.2, 0.25) is 0 Å². The van der Waals surface area contributed by atoms with Crippen LogP contribution in [0.5, 0.6) is 0 Å². The van der Waals surface area contributed by atoms with Gasteiger partial charge < -0.3 is 4.90 Å². The summed E-state index contributed by atoms with van der Waals surface area (Å²) in [6.07, 6.45) is 2.24. The van der Waals surface area contributed by atoms with Crippen molar-refractivity contribution in [3.63, 3.8) is 0 Å². The molecule has 0 bridgehead atoms. The van der Waals surface area contributed by atoms with E-state index in [0.29, 0.717) is 11.8 Å². The first-order valence-corrected chi connectivity index (χ1v) is 8.41. The van der Waals surface area contributed by atoms with Crippen molar-refractivity contribution < 1.29 is 4.79 Å². The highest BCUT2D eigenvalue weighted by atomic mass is 32.1. The van der Waals surface area contributed by atoms with E-state index in [1.807, 2.05) is 25.7 Å². The number of amides is 1. The molecule has 1 aliphatic rings. The highest BCUT2D eigenvalue weighted by molar-refractivity contribution is 7.09. The second kappa shape index (κ2) is 5.84. The fourth-order valence-electron chi connectivity index (χ4n) is 2.59. The van der Waals surface area contributed by atoms with Crippen molar-refractivity contribution in [3.05, 3.63) is 16.1 Å². The molecule has 1 aromatic rings. The van der Waals surface area contributed by atoms with E-state index in [9.17, 15) is 4.79 Å². The van der Waals surface area contributed by atoms with Gasteiger partial charge in [0.2, 0.25) is 5.91 Å². The number of carbonyl (C=O) groups excluding carboxylic acids is 1. The summed E-state index contributed by atoms with van der Waals surface area (Å²) >= 11 is 1.76. The number of likely N-dealkylation sites (tertiary alicyclic amines) is 1. The SMILES string of the molecule is CC(C)c1csc(C2CCCN(C(=O)C(C)(C)C)C2)n1. The minimum atomic E-state index is -0.284. The zero-order valence-electron chi connectivity index (χ0n) is 13.3. The van der Waals surface area contributed by atoms with E-state index < -0.39 is 0 Å². The van der Waals surface area contributed by atoms with Crippen LogP contribution in [0.15, 0.2) is 5.38 Å². The Hall–Kier alpha value is -0.900. The predicted molar refractivity (Wildman–Crippen MR) is 84.2 cm³/mol. The lowest BCUT2D eigenvalue weighted by Crippen LogP contribution is -2.44. The molecule has 1 saturated heterocycles. The molecule has 1 unspecified atom stereocenters. The summed E-state index contributed by atoms with van der Waals surface area (Å²) in [5.41, 5.74) is 0.901. The number of thiazole rings is 1. The summed E-state index contributed by atoms with van der Waals surface area (Å²) < 4.78 is 0. The summed E-state index contributed by atoms with van der Waals surface area (Å²) in [4.78, 5) is 19.2. The normalized spacial score (nSPS) is 20.5. The molecule has 20 heavy (non-hydrogen) atoms. The molecule has 2 heterocycles. The first kappa shape index (κ1) is 15.5. The maximum absolute atomic E-state index is 12.4. The molecular weight excluding hydrogens is 268 g/mol. The molecule has 1 aromatic heterocycles. The molecular formula is C16H26N2OS. The number of rotatable bonds is 2. The maximum Gasteiger partial charge on any atom is 0.227 e. The molecule has 1 atom stereocenters. The van der Waals surface area contributed by atoms with E-state index in [1.165, 1.54) is 10.7 Å². The first-order chi connectivity index (χ1) is 9.29. The van der Waals surface area contributed by atoms with Crippen LogP contribution < -0.4 is 0 Å². The van der Waals surface area contributed by atoms with Crippen molar-refractivity contribution in [1.29, 1.82) is 0 Å². The van der Waals surface area contributed by atoms with Crippen LogP contribution in [-0.4, -0.2) is 28.9 Å². The molecule has 0 N–H and O–H groups in total. The van der Waals surface area contributed by atoms with Gasteiger partial charge in [-0.15, -0.1) is 11.3 Å². The fraction of sp³-hybridized carbons (Fsp3) is 0.750. The molecule has 1 aliphatic heterocycles. The van der Waals surface area contributed by atoms with Gasteiger partial charge in [0, 0.05) is 29.8 Å². The zero-order valence-corrected chi connectivity index (χ0v) is 14.1. The van der Waals surface area contributed by atoms with E-state index in [-0.39, 0.29) is 11.3 Å². The van der Waals surface area contributed by atoms with Gasteiger partial charge in [-0.05, 0) is 18.8 Å². The van der Waals surface area contributed by atoms with E-state index in [2.05, 4.69) is 19.2 Å². The minimum Gasteiger partial charge on any atom is -0.342 e. The van der Waals surface area contributed by atoms with Crippen molar-refractivity contribution in [2.75, 3.05) is 13.1 Å². The molecule has 0 aliphatic carbocycles. The Kier molecular flexibility index (Phi) is 4.52. The van der Waals surface area contributed by atoms with Crippen LogP contribution in [-0.2, 0) is 4.79 Å². The Morgan fingerprint density at radius 1 is 1.45 bits per heavy atom. The molecule has 4 heteroatoms. The van der Waals surface area contributed by atoms with E-state index >= 15 is 0 Å². The van der Waals surface area contributed by atoms with Crippen LogP contribution in [0.1, 0.15) is 70.0 Å². The molecule has 0 radical (unpaired) electrons. The van der Waals surface area contributed by atoms with Gasteiger partial charge in [-0.3, -0.25) is 4.79 Å². The van der Waals surface area contributed by atoms with Crippen molar-refractivity contribution in [3.8, 4) is 0 Å². The third-order valence-electron chi connectivity index (χ3n) is 3.83. The lowest BCUT2D eigenvalue weighted by molar-refractivity contribution is -0.140. The third-order valence-corrected chi connectivity index (χ3v) is 4.86. The standard InChI is InChI=1S/C16H26N2OS/c1-11(2)13-10-20-14(17-13)12-7-6-8-18(9-12)15(19)16(3,4)5/h10-12H,6-9H2,1-5H3. The first-order valence-electron chi connectivity index (χ1n) is 7.53. The average Bonchev–Trinajstić information content (AvgIpc) is 2.86. The number of piperidine rings is 1. The molecule has 1 fully saturated rings. The van der Waals surface area contributed by atoms with Crippen LogP contribution in [0.3, 0.4) is 0 Å². The maximum atomic E-state index is 12.4. The van der Waals surface area contributed by atoms with Gasteiger partial charge in [0.05, 0.1) is 10.7 Å². The quantitative estimate of drug-likeness (QED) is 0.825. The van der Waals surface area contributed by atoms with Crippen LogP contribution in [0, 0.1) is 5.41 Å². The van der Waals surface area contributed by atoms with Gasteiger partial charge >= 0.3 is 0 Å². The molecule has 2 rings (SSSR count). The number of carbonyl (C=O) groups is 1. The third kappa shape index (κ3) is 3.40. The summed E-state index contributed by atoms with van der Waals surface area (Å²) in [6.45, 7) is 12.1. The van der Waals surface area contributed by atoms with Crippen molar-refractivity contribution in [2.24, 2.45) is 5.41 Å². The summed E-state index contributed by atoms with van der Waals surface area (Å²) in [5.74, 6) is 1.17. The molecule has 3 nitrogen and oxygen atoms in total. The van der Waals surface area contributed by atoms with Crippen molar-refractivity contribution >= 4 is 17.2 Å². The summed E-state index contributed by atoms with van der Waals surface area (Å²) in [7, 11) is 0. The van der Waals surface area contributed by atoms with Gasteiger partial charge in [-0.2, -0.15) is 0 Å². The molecule has 0 aromatic carbocycles. The number of hydrogen-bond acceptors (Lipinski definition) is 3. The largest absolute Gasteiger partial charge is 0.342 e. The number of hydrogen-bond donors (Lipinski definition) is 0. The smallest absolute Gasteiger partial charge is 0.227 e. The summed E-state index contributed by atoms with van der Waals surface area (Å²) in [6, 6.07) is 0. The fourth-order valence-corrected chi connectivity index (χ4v) is 3.70. The van der Waals surface area contributed by atoms with Gasteiger partial charge in [0.1, 0.15) is 0 Å².